The van der Waals surface area contributed by atoms with Crippen molar-refractivity contribution in [2.45, 2.75) is 31.6 Å². The minimum absolute atomic E-state index is 0.620. The van der Waals surface area contributed by atoms with Gasteiger partial charge in [-0.1, -0.05) is 6.92 Å². The minimum atomic E-state index is 0.620. The molecule has 21 heavy (non-hydrogen) atoms. The van der Waals surface area contributed by atoms with E-state index < -0.39 is 0 Å². The Morgan fingerprint density at radius 2 is 1.90 bits per heavy atom. The summed E-state index contributed by atoms with van der Waals surface area (Å²) in [6, 6.07) is 8.02. The number of thioether (sulfide) groups is 1. The van der Waals surface area contributed by atoms with E-state index in [0.29, 0.717) is 5.88 Å². The van der Waals surface area contributed by atoms with Crippen molar-refractivity contribution in [3.63, 3.8) is 0 Å². The highest BCUT2D eigenvalue weighted by Crippen LogP contribution is 2.28. The van der Waals surface area contributed by atoms with Crippen molar-refractivity contribution in [3.8, 4) is 11.6 Å². The average molecular weight is 303 g/mol. The van der Waals surface area contributed by atoms with Gasteiger partial charge in [-0.05, 0) is 43.9 Å². The molecule has 1 N–H and O–H groups in total. The lowest BCUT2D eigenvalue weighted by molar-refractivity contribution is 0.454. The van der Waals surface area contributed by atoms with E-state index in [9.17, 15) is 0 Å². The molecule has 0 spiro atoms. The van der Waals surface area contributed by atoms with Gasteiger partial charge < -0.3 is 10.1 Å². The minimum Gasteiger partial charge on any atom is -0.439 e. The Hall–Kier alpha value is -1.75. The van der Waals surface area contributed by atoms with Gasteiger partial charge in [-0.3, -0.25) is 0 Å². The lowest BCUT2D eigenvalue weighted by Gasteiger charge is -2.13. The van der Waals surface area contributed by atoms with Crippen molar-refractivity contribution < 1.29 is 4.74 Å². The smallest absolute Gasteiger partial charge is 0.227 e. The van der Waals surface area contributed by atoms with Crippen LogP contribution in [0.15, 0.2) is 29.2 Å². The molecular formula is C16H21N3OS. The monoisotopic (exact) mass is 303 g/mol. The quantitative estimate of drug-likeness (QED) is 0.806. The number of nitrogens with one attached hydrogen (secondary N) is 1. The number of hydrogen-bond donors (Lipinski definition) is 1. The number of ether oxygens (including phenoxy) is 1. The second-order valence-corrected chi connectivity index (χ2v) is 5.58. The van der Waals surface area contributed by atoms with Gasteiger partial charge in [-0.25, -0.2) is 4.98 Å². The van der Waals surface area contributed by atoms with Crippen molar-refractivity contribution in [2.75, 3.05) is 18.6 Å². The van der Waals surface area contributed by atoms with Gasteiger partial charge in [-0.15, -0.1) is 11.8 Å². The molecule has 0 fully saturated rings. The first-order valence-corrected chi connectivity index (χ1v) is 8.27. The fourth-order valence-electron chi connectivity index (χ4n) is 1.97. The third-order valence-electron chi connectivity index (χ3n) is 3.13. The predicted octanol–water partition coefficient (Wildman–Crippen LogP) is 4.29. The molecule has 0 aliphatic heterocycles. The van der Waals surface area contributed by atoms with Crippen LogP contribution in [0.3, 0.4) is 0 Å². The van der Waals surface area contributed by atoms with E-state index in [1.165, 1.54) is 4.90 Å². The molecule has 0 aliphatic carbocycles. The molecule has 0 saturated carbocycles. The highest BCUT2D eigenvalue weighted by molar-refractivity contribution is 7.98. The summed E-state index contributed by atoms with van der Waals surface area (Å²) < 4.78 is 5.94. The molecule has 0 radical (unpaired) electrons. The van der Waals surface area contributed by atoms with E-state index >= 15 is 0 Å². The van der Waals surface area contributed by atoms with Crippen LogP contribution in [0.2, 0.25) is 0 Å². The largest absolute Gasteiger partial charge is 0.439 e. The zero-order chi connectivity index (χ0) is 15.2. The first-order valence-electron chi connectivity index (χ1n) is 7.05. The molecule has 0 unspecified atom stereocenters. The Labute approximate surface area is 130 Å². The van der Waals surface area contributed by atoms with Crippen LogP contribution in [0.5, 0.6) is 11.6 Å². The lowest BCUT2D eigenvalue weighted by atomic mass is 10.2. The molecule has 112 valence electrons. The molecular weight excluding hydrogens is 282 g/mol. The molecule has 4 nitrogen and oxygen atoms in total. The number of anilines is 1. The summed E-state index contributed by atoms with van der Waals surface area (Å²) in [6.07, 6.45) is 3.91. The molecule has 0 amide bonds. The van der Waals surface area contributed by atoms with E-state index in [2.05, 4.69) is 28.5 Å². The van der Waals surface area contributed by atoms with Crippen LogP contribution in [0.4, 0.5) is 5.82 Å². The first kappa shape index (κ1) is 15.6. The van der Waals surface area contributed by atoms with Crippen LogP contribution in [-0.4, -0.2) is 23.3 Å². The Balaban J connectivity index is 2.30. The van der Waals surface area contributed by atoms with Crippen LogP contribution in [0.1, 0.15) is 24.7 Å². The zero-order valence-corrected chi connectivity index (χ0v) is 13.8. The van der Waals surface area contributed by atoms with Crippen LogP contribution in [0.25, 0.3) is 0 Å². The number of nitrogens with zero attached hydrogens (tertiary/aromatic N) is 2. The van der Waals surface area contributed by atoms with Crippen LogP contribution in [0, 0.1) is 6.92 Å². The summed E-state index contributed by atoms with van der Waals surface area (Å²) in [7, 11) is 1.86. The van der Waals surface area contributed by atoms with Crippen molar-refractivity contribution in [1.82, 2.24) is 9.97 Å². The van der Waals surface area contributed by atoms with E-state index in [4.69, 9.17) is 4.74 Å². The van der Waals surface area contributed by atoms with Crippen molar-refractivity contribution in [2.24, 2.45) is 0 Å². The summed E-state index contributed by atoms with van der Waals surface area (Å²) >= 11 is 1.71. The van der Waals surface area contributed by atoms with Gasteiger partial charge in [0, 0.05) is 18.4 Å². The summed E-state index contributed by atoms with van der Waals surface area (Å²) in [5, 5.41) is 3.10. The normalized spacial score (nSPS) is 10.5. The predicted molar refractivity (Wildman–Crippen MR) is 88.6 cm³/mol. The third kappa shape index (κ3) is 3.88. The van der Waals surface area contributed by atoms with Gasteiger partial charge in [0.05, 0.1) is 5.56 Å². The molecule has 2 rings (SSSR count). The van der Waals surface area contributed by atoms with Crippen molar-refractivity contribution in [1.29, 1.82) is 0 Å². The Kier molecular flexibility index (Phi) is 5.44. The Morgan fingerprint density at radius 1 is 1.19 bits per heavy atom. The molecule has 0 saturated heterocycles. The maximum Gasteiger partial charge on any atom is 0.227 e. The molecule has 2 aromatic rings. The number of benzene rings is 1. The highest BCUT2D eigenvalue weighted by atomic mass is 32.2. The molecule has 5 heteroatoms. The van der Waals surface area contributed by atoms with E-state index in [-0.39, 0.29) is 0 Å². The van der Waals surface area contributed by atoms with Gasteiger partial charge in [0.2, 0.25) is 5.88 Å². The molecule has 0 aliphatic rings. The van der Waals surface area contributed by atoms with Gasteiger partial charge in [0.25, 0.3) is 0 Å². The van der Waals surface area contributed by atoms with Crippen molar-refractivity contribution >= 4 is 17.6 Å². The lowest BCUT2D eigenvalue weighted by Crippen LogP contribution is -2.05. The zero-order valence-electron chi connectivity index (χ0n) is 12.9. The van der Waals surface area contributed by atoms with Gasteiger partial charge >= 0.3 is 0 Å². The maximum atomic E-state index is 5.94. The van der Waals surface area contributed by atoms with Gasteiger partial charge in [-0.2, -0.15) is 4.98 Å². The Bertz CT molecular complexity index is 599. The topological polar surface area (TPSA) is 47.0 Å². The molecule has 1 aromatic heterocycles. The number of rotatable bonds is 6. The SMILES string of the molecule is CCCc1nc(NC)c(C)c(Oc2ccc(SC)cc2)n1. The maximum absolute atomic E-state index is 5.94. The second kappa shape index (κ2) is 7.31. The summed E-state index contributed by atoms with van der Waals surface area (Å²) in [5.74, 6) is 3.04. The summed E-state index contributed by atoms with van der Waals surface area (Å²) in [6.45, 7) is 4.08. The van der Waals surface area contributed by atoms with Crippen molar-refractivity contribution in [3.05, 3.63) is 35.7 Å². The highest BCUT2D eigenvalue weighted by Gasteiger charge is 2.11. The van der Waals surface area contributed by atoms with Crippen LogP contribution in [-0.2, 0) is 6.42 Å². The average Bonchev–Trinajstić information content (AvgIpc) is 2.51. The number of aryl methyl sites for hydroxylation is 1. The summed E-state index contributed by atoms with van der Waals surface area (Å²) in [5.41, 5.74) is 0.922. The van der Waals surface area contributed by atoms with Gasteiger partial charge in [0.15, 0.2) is 0 Å². The fraction of sp³-hybridized carbons (Fsp3) is 0.375. The first-order chi connectivity index (χ1) is 10.2. The van der Waals surface area contributed by atoms with Crippen LogP contribution < -0.4 is 10.1 Å². The summed E-state index contributed by atoms with van der Waals surface area (Å²) in [4.78, 5) is 10.2. The molecule has 1 aromatic carbocycles. The molecule has 0 bridgehead atoms. The Morgan fingerprint density at radius 3 is 2.48 bits per heavy atom. The van der Waals surface area contributed by atoms with Crippen LogP contribution >= 0.6 is 11.8 Å². The van der Waals surface area contributed by atoms with E-state index in [1.54, 1.807) is 11.8 Å². The number of aromatic nitrogens is 2. The van der Waals surface area contributed by atoms with E-state index in [0.717, 1.165) is 35.8 Å². The van der Waals surface area contributed by atoms with E-state index in [1.807, 2.05) is 38.2 Å². The molecule has 1 heterocycles. The fourth-order valence-corrected chi connectivity index (χ4v) is 2.38. The number of hydrogen-bond acceptors (Lipinski definition) is 5. The molecule has 0 atom stereocenters. The van der Waals surface area contributed by atoms with Gasteiger partial charge in [0.1, 0.15) is 17.4 Å². The standard InChI is InChI=1S/C16H21N3OS/c1-5-6-14-18-15(17-3)11(2)16(19-14)20-12-7-9-13(21-4)10-8-12/h7-10H,5-6H2,1-4H3,(H,17,18,19). The third-order valence-corrected chi connectivity index (χ3v) is 3.88. The second-order valence-electron chi connectivity index (χ2n) is 4.70.